The number of aliphatic carboxylic acids is 1. The van der Waals surface area contributed by atoms with Crippen molar-refractivity contribution in [2.24, 2.45) is 11.7 Å². The fourth-order valence-corrected chi connectivity index (χ4v) is 3.43. The van der Waals surface area contributed by atoms with Crippen molar-refractivity contribution in [3.63, 3.8) is 0 Å². The van der Waals surface area contributed by atoms with Crippen molar-refractivity contribution in [1.82, 2.24) is 0 Å². The minimum absolute atomic E-state index is 0.103. The van der Waals surface area contributed by atoms with Gasteiger partial charge in [-0.25, -0.2) is 0 Å². The summed E-state index contributed by atoms with van der Waals surface area (Å²) in [6.45, 7) is 2.18. The highest BCUT2D eigenvalue weighted by Crippen LogP contribution is 2.37. The predicted octanol–water partition coefficient (Wildman–Crippen LogP) is 3.85. The van der Waals surface area contributed by atoms with Gasteiger partial charge in [-0.1, -0.05) is 58.3 Å². The van der Waals surface area contributed by atoms with E-state index in [2.05, 4.69) is 6.92 Å². The molecule has 7 heteroatoms. The van der Waals surface area contributed by atoms with Crippen LogP contribution in [-0.2, 0) is 14.2 Å². The van der Waals surface area contributed by atoms with Crippen molar-refractivity contribution in [2.75, 3.05) is 0 Å². The number of hydrogen-bond donors (Lipinski definition) is 3. The third kappa shape index (κ3) is 9.99. The van der Waals surface area contributed by atoms with Crippen LogP contribution in [0.25, 0.3) is 0 Å². The molecule has 0 heterocycles. The molecule has 0 fully saturated rings. The molecule has 2 unspecified atom stereocenters. The van der Waals surface area contributed by atoms with Gasteiger partial charge >= 0.3 is 5.97 Å². The molecule has 0 aliphatic heterocycles. The monoisotopic (exact) mass is 361 g/mol. The molecule has 0 aromatic carbocycles. The summed E-state index contributed by atoms with van der Waals surface area (Å²) in [6, 6.07) is 0. The molecule has 0 spiro atoms. The summed E-state index contributed by atoms with van der Waals surface area (Å²) in [4.78, 5) is 22.2. The highest BCUT2D eigenvalue weighted by atomic mass is 31.1. The van der Waals surface area contributed by atoms with E-state index >= 15 is 0 Å². The number of unbranched alkanes of at least 4 members (excludes halogenated alkanes) is 8. The SMILES string of the molecule is CCCCCCCCCCCC(O)(P=O)C(CCC(N)=O)C(=O)O. The van der Waals surface area contributed by atoms with Crippen LogP contribution in [0.3, 0.4) is 0 Å². The Morgan fingerprint density at radius 2 is 1.54 bits per heavy atom. The standard InChI is InChI=1S/C17H32NO5P/c1-2-3-4-5-6-7-8-9-10-13-17(22,24-23)14(16(20)21)11-12-15(18)19/h14,22H,2-13H2,1H3,(H2,18,19)(H,20,21). The molecule has 0 rings (SSSR count). The number of carboxylic acids is 1. The molecule has 140 valence electrons. The normalized spacial score (nSPS) is 15.1. The lowest BCUT2D eigenvalue weighted by molar-refractivity contribution is -0.148. The molecule has 24 heavy (non-hydrogen) atoms. The van der Waals surface area contributed by atoms with Crippen LogP contribution in [0.1, 0.15) is 84.0 Å². The van der Waals surface area contributed by atoms with Gasteiger partial charge in [0.2, 0.25) is 5.91 Å². The Morgan fingerprint density at radius 3 is 1.96 bits per heavy atom. The molecule has 0 bridgehead atoms. The number of nitrogens with two attached hydrogens (primary N) is 1. The van der Waals surface area contributed by atoms with Gasteiger partial charge in [0.1, 0.15) is 0 Å². The molecule has 0 aromatic heterocycles. The highest BCUT2D eigenvalue weighted by molar-refractivity contribution is 7.25. The first-order valence-corrected chi connectivity index (χ1v) is 9.76. The number of carbonyl (C=O) groups is 2. The van der Waals surface area contributed by atoms with E-state index in [0.29, 0.717) is 6.42 Å². The number of aliphatic hydroxyl groups is 1. The molecular weight excluding hydrogens is 329 g/mol. The van der Waals surface area contributed by atoms with E-state index in [9.17, 15) is 24.4 Å². The van der Waals surface area contributed by atoms with Gasteiger partial charge in [-0.2, -0.15) is 0 Å². The molecule has 0 radical (unpaired) electrons. The van der Waals surface area contributed by atoms with Crippen molar-refractivity contribution in [3.8, 4) is 0 Å². The van der Waals surface area contributed by atoms with Crippen LogP contribution in [-0.4, -0.2) is 27.4 Å². The first kappa shape index (κ1) is 23.0. The van der Waals surface area contributed by atoms with Crippen molar-refractivity contribution in [1.29, 1.82) is 0 Å². The van der Waals surface area contributed by atoms with Crippen molar-refractivity contribution in [2.45, 2.75) is 89.3 Å². The van der Waals surface area contributed by atoms with Crippen LogP contribution in [0, 0.1) is 5.92 Å². The average Bonchev–Trinajstić information content (AvgIpc) is 2.52. The Bertz CT molecular complexity index is 391. The predicted molar refractivity (Wildman–Crippen MR) is 94.0 cm³/mol. The van der Waals surface area contributed by atoms with Crippen molar-refractivity contribution in [3.05, 3.63) is 0 Å². The Hall–Kier alpha value is -1.00. The van der Waals surface area contributed by atoms with Gasteiger partial charge in [-0.15, -0.1) is 0 Å². The highest BCUT2D eigenvalue weighted by Gasteiger charge is 2.42. The third-order valence-electron chi connectivity index (χ3n) is 4.34. The Balaban J connectivity index is 4.17. The van der Waals surface area contributed by atoms with Gasteiger partial charge in [-0.3, -0.25) is 14.2 Å². The average molecular weight is 361 g/mol. The molecule has 6 nitrogen and oxygen atoms in total. The maximum Gasteiger partial charge on any atom is 0.310 e. The van der Waals surface area contributed by atoms with Gasteiger partial charge in [-0.05, 0) is 19.3 Å². The van der Waals surface area contributed by atoms with Gasteiger partial charge in [0.05, 0.1) is 5.92 Å². The largest absolute Gasteiger partial charge is 0.481 e. The number of carbonyl (C=O) groups excluding carboxylic acids is 1. The van der Waals surface area contributed by atoms with Crippen LogP contribution in [0.15, 0.2) is 0 Å². The lowest BCUT2D eigenvalue weighted by Gasteiger charge is -2.27. The zero-order chi connectivity index (χ0) is 18.4. The summed E-state index contributed by atoms with van der Waals surface area (Å²) < 4.78 is 11.4. The van der Waals surface area contributed by atoms with Gasteiger partial charge in [0.15, 0.2) is 13.8 Å². The quantitative estimate of drug-likeness (QED) is 0.285. The molecule has 0 aliphatic carbocycles. The zero-order valence-electron chi connectivity index (χ0n) is 14.7. The number of primary amides is 1. The lowest BCUT2D eigenvalue weighted by atomic mass is 9.91. The fourth-order valence-electron chi connectivity index (χ4n) is 2.82. The summed E-state index contributed by atoms with van der Waals surface area (Å²) in [5.74, 6) is -3.13. The van der Waals surface area contributed by atoms with E-state index in [1.165, 1.54) is 32.1 Å². The van der Waals surface area contributed by atoms with Crippen molar-refractivity contribution >= 4 is 20.3 Å². The molecule has 0 saturated heterocycles. The smallest absolute Gasteiger partial charge is 0.310 e. The molecular formula is C17H32NO5P. The number of hydrogen-bond acceptors (Lipinski definition) is 4. The summed E-state index contributed by atoms with van der Waals surface area (Å²) in [5, 5.41) is 17.8. The Morgan fingerprint density at radius 1 is 1.04 bits per heavy atom. The summed E-state index contributed by atoms with van der Waals surface area (Å²) in [7, 11) is -0.613. The van der Waals surface area contributed by atoms with Gasteiger partial charge < -0.3 is 15.9 Å². The zero-order valence-corrected chi connectivity index (χ0v) is 15.6. The Labute approximate surface area is 146 Å². The maximum atomic E-state index is 11.4. The van der Waals surface area contributed by atoms with E-state index in [0.717, 1.165) is 19.3 Å². The second kappa shape index (κ2) is 13.3. The Kier molecular flexibility index (Phi) is 12.8. The van der Waals surface area contributed by atoms with Crippen LogP contribution in [0.4, 0.5) is 0 Å². The minimum atomic E-state index is -1.83. The summed E-state index contributed by atoms with van der Waals surface area (Å²) in [5.41, 5.74) is 5.03. The molecule has 0 saturated carbocycles. The second-order valence-corrected chi connectivity index (χ2v) is 7.40. The van der Waals surface area contributed by atoms with Crippen LogP contribution in [0.2, 0.25) is 0 Å². The molecule has 4 N–H and O–H groups in total. The van der Waals surface area contributed by atoms with E-state index in [1.54, 1.807) is 0 Å². The van der Waals surface area contributed by atoms with Crippen LogP contribution < -0.4 is 5.73 Å². The topological polar surface area (TPSA) is 118 Å². The number of rotatable bonds is 16. The first-order chi connectivity index (χ1) is 11.4. The van der Waals surface area contributed by atoms with E-state index in [4.69, 9.17) is 5.73 Å². The van der Waals surface area contributed by atoms with Gasteiger partial charge in [0, 0.05) is 6.42 Å². The second-order valence-electron chi connectivity index (χ2n) is 6.44. The summed E-state index contributed by atoms with van der Waals surface area (Å²) in [6.07, 6.45) is 9.74. The number of amides is 1. The van der Waals surface area contributed by atoms with Crippen LogP contribution in [0.5, 0.6) is 0 Å². The number of carboxylic acid groups (broad SMARTS) is 1. The van der Waals surface area contributed by atoms with E-state index in [-0.39, 0.29) is 19.3 Å². The fraction of sp³-hybridized carbons (Fsp3) is 0.882. The molecule has 0 aromatic rings. The van der Waals surface area contributed by atoms with Gasteiger partial charge in [0.25, 0.3) is 0 Å². The molecule has 0 aliphatic rings. The minimum Gasteiger partial charge on any atom is -0.481 e. The molecule has 1 amide bonds. The van der Waals surface area contributed by atoms with Crippen LogP contribution >= 0.6 is 8.46 Å². The lowest BCUT2D eigenvalue weighted by Crippen LogP contribution is -2.38. The third-order valence-corrected chi connectivity index (χ3v) is 5.19. The van der Waals surface area contributed by atoms with Crippen molar-refractivity contribution < 1.29 is 24.4 Å². The first-order valence-electron chi connectivity index (χ1n) is 8.95. The van der Waals surface area contributed by atoms with E-state index < -0.39 is 31.6 Å². The molecule has 2 atom stereocenters. The maximum absolute atomic E-state index is 11.4. The summed E-state index contributed by atoms with van der Waals surface area (Å²) >= 11 is 0. The van der Waals surface area contributed by atoms with E-state index in [1.807, 2.05) is 0 Å².